The highest BCUT2D eigenvalue weighted by Crippen LogP contribution is 2.42. The number of nitrogens with one attached hydrogen (secondary N) is 3. The van der Waals surface area contributed by atoms with E-state index in [1.165, 1.54) is 16.8 Å². The van der Waals surface area contributed by atoms with Gasteiger partial charge >= 0.3 is 0 Å². The number of aryl methyl sites for hydroxylation is 2. The molecule has 1 unspecified atom stereocenters. The number of para-hydroxylation sites is 1. The fraction of sp³-hybridized carbons (Fsp3) is 0.417. The van der Waals surface area contributed by atoms with Crippen molar-refractivity contribution in [2.45, 2.75) is 64.5 Å². The molecule has 2 amide bonds. The van der Waals surface area contributed by atoms with Crippen molar-refractivity contribution < 1.29 is 18.9 Å². The van der Waals surface area contributed by atoms with Crippen LogP contribution >= 0.6 is 23.1 Å². The molecule has 65 heavy (non-hydrogen) atoms. The van der Waals surface area contributed by atoms with Crippen LogP contribution in [0.2, 0.25) is 0 Å². The fourth-order valence-electron chi connectivity index (χ4n) is 9.94. The van der Waals surface area contributed by atoms with E-state index in [4.69, 9.17) is 14.8 Å². The third-order valence-corrected chi connectivity index (χ3v) is 15.4. The van der Waals surface area contributed by atoms with E-state index >= 15 is 0 Å². The molecule has 3 aliphatic rings. The molecule has 9 rings (SSSR count). The summed E-state index contributed by atoms with van der Waals surface area (Å²) in [5.41, 5.74) is 7.76. The molecule has 3 N–H and O–H groups in total. The summed E-state index contributed by atoms with van der Waals surface area (Å²) >= 11 is 3.61. The van der Waals surface area contributed by atoms with Crippen LogP contribution in [0.25, 0.3) is 21.8 Å². The van der Waals surface area contributed by atoms with Gasteiger partial charge < -0.3 is 29.7 Å². The molecule has 3 saturated heterocycles. The first-order valence-corrected chi connectivity index (χ1v) is 26.0. The van der Waals surface area contributed by atoms with E-state index in [2.05, 4.69) is 87.7 Å². The van der Waals surface area contributed by atoms with Crippen molar-refractivity contribution >= 4 is 90.8 Å². The fourth-order valence-corrected chi connectivity index (χ4v) is 11.7. The van der Waals surface area contributed by atoms with E-state index in [1.54, 1.807) is 32.8 Å². The first-order chi connectivity index (χ1) is 31.4. The van der Waals surface area contributed by atoms with Gasteiger partial charge in [0.25, 0.3) is 5.91 Å². The highest BCUT2D eigenvalue weighted by atomic mass is 79.9. The number of pyridine rings is 1. The van der Waals surface area contributed by atoms with Crippen LogP contribution in [-0.2, 0) is 27.0 Å². The van der Waals surface area contributed by atoms with Crippen molar-refractivity contribution in [1.29, 1.82) is 0 Å². The summed E-state index contributed by atoms with van der Waals surface area (Å²) in [5, 5.41) is 16.8. The number of halogens is 1. The molecule has 6 aromatic rings. The van der Waals surface area contributed by atoms with E-state index in [0.717, 1.165) is 110 Å². The lowest BCUT2D eigenvalue weighted by molar-refractivity contribution is -0.135. The van der Waals surface area contributed by atoms with Gasteiger partial charge in [0.1, 0.15) is 24.8 Å². The van der Waals surface area contributed by atoms with Gasteiger partial charge in [-0.1, -0.05) is 37.3 Å². The summed E-state index contributed by atoms with van der Waals surface area (Å²) in [6, 6.07) is 18.4. The second-order valence-electron chi connectivity index (χ2n) is 17.7. The number of fused-ring (bicyclic) bond motifs is 2. The number of hydrogen-bond donors (Lipinski definition) is 3. The smallest absolute Gasteiger partial charge is 0.251 e. The van der Waals surface area contributed by atoms with Gasteiger partial charge in [0.15, 0.2) is 0 Å². The van der Waals surface area contributed by atoms with Gasteiger partial charge in [-0.2, -0.15) is 10.1 Å². The number of carbonyl (C=O) groups is 2. The molecule has 17 heteroatoms. The van der Waals surface area contributed by atoms with Crippen LogP contribution < -0.4 is 30.9 Å². The molecule has 0 radical (unpaired) electrons. The molecule has 340 valence electrons. The molecule has 0 aliphatic carbocycles. The number of anilines is 5. The van der Waals surface area contributed by atoms with Crippen LogP contribution in [0.3, 0.4) is 0 Å². The number of imide groups is 1. The zero-order valence-electron chi connectivity index (χ0n) is 37.7. The third-order valence-electron chi connectivity index (χ3n) is 13.2. The Kier molecular flexibility index (Phi) is 13.0. The second kappa shape index (κ2) is 18.8. The largest absolute Gasteiger partial charge is 0.494 e. The Bertz CT molecular complexity index is 2810. The number of piperidine rings is 2. The topological polar surface area (TPSA) is 163 Å². The predicted molar refractivity (Wildman–Crippen MR) is 262 cm³/mol. The van der Waals surface area contributed by atoms with E-state index in [9.17, 15) is 14.2 Å². The van der Waals surface area contributed by atoms with E-state index < -0.39 is 13.2 Å². The Morgan fingerprint density at radius 3 is 2.43 bits per heavy atom. The molecular weight excluding hydrogens is 905 g/mol. The predicted octanol–water partition coefficient (Wildman–Crippen LogP) is 7.56. The number of aromatic nitrogens is 5. The van der Waals surface area contributed by atoms with Crippen LogP contribution in [0.5, 0.6) is 5.75 Å². The normalized spacial score (nSPS) is 18.1. The third kappa shape index (κ3) is 9.36. The molecule has 0 saturated carbocycles. The quantitative estimate of drug-likeness (QED) is 0.0769. The molecule has 1 atom stereocenters. The Balaban J connectivity index is 0.812. The second-order valence-corrected chi connectivity index (χ2v) is 21.7. The number of benzene rings is 3. The molecular formula is C48H57BrN11O4P. The lowest BCUT2D eigenvalue weighted by Crippen LogP contribution is -2.53. The minimum Gasteiger partial charge on any atom is -0.494 e. The number of ether oxygens (including phenoxy) is 1. The minimum atomic E-state index is -2.71. The average Bonchev–Trinajstić information content (AvgIpc) is 3.64. The first kappa shape index (κ1) is 44.8. The summed E-state index contributed by atoms with van der Waals surface area (Å²) in [6.45, 7) is 14.9. The van der Waals surface area contributed by atoms with Crippen LogP contribution in [0.15, 0.2) is 71.5 Å². The molecule has 0 spiro atoms. The van der Waals surface area contributed by atoms with E-state index in [1.807, 2.05) is 41.9 Å². The summed E-state index contributed by atoms with van der Waals surface area (Å²) in [5.74, 6) is 1.14. The van der Waals surface area contributed by atoms with Gasteiger partial charge in [-0.05, 0) is 97.6 Å². The average molecular weight is 963 g/mol. The highest BCUT2D eigenvalue weighted by molar-refractivity contribution is 9.10. The van der Waals surface area contributed by atoms with Gasteiger partial charge in [-0.25, -0.2) is 4.98 Å². The standard InChI is InChI=1S/C48H57BrN11O4P/c1-6-31-26-37(53-48-51-28-35(49)46(55-48)52-38-29-50-36-12-8-7-11-34(36)45(38)65(4,5)63)42(64-3)27-41(31)59-20-17-33(18-21-59)58-24-22-57(23-25-58)19-16-32-10-9-13-39-44(32)30(2)56-60(39)40-14-15-43(61)54-47(40)62/h7-13,26-29,33,40H,6,14-25H2,1-5H3,(H,54,61,62)(H2,51,52,53,55). The Morgan fingerprint density at radius 1 is 0.908 bits per heavy atom. The van der Waals surface area contributed by atoms with E-state index in [-0.39, 0.29) is 11.8 Å². The Morgan fingerprint density at radius 2 is 1.69 bits per heavy atom. The molecule has 3 aromatic heterocycles. The van der Waals surface area contributed by atoms with Crippen LogP contribution in [0.1, 0.15) is 55.5 Å². The summed E-state index contributed by atoms with van der Waals surface area (Å²) in [6.07, 6.45) is 8.19. The van der Waals surface area contributed by atoms with Crippen LogP contribution in [0, 0.1) is 6.92 Å². The lowest BCUT2D eigenvalue weighted by Gasteiger charge is -2.43. The molecule has 3 aromatic carbocycles. The van der Waals surface area contributed by atoms with Crippen molar-refractivity contribution in [2.75, 3.05) is 81.8 Å². The Hall–Kier alpha value is -5.41. The number of rotatable bonds is 13. The number of amides is 2. The van der Waals surface area contributed by atoms with Crippen LogP contribution in [-0.4, -0.2) is 119 Å². The monoisotopic (exact) mass is 961 g/mol. The summed E-state index contributed by atoms with van der Waals surface area (Å²) in [7, 11) is -1.02. The van der Waals surface area contributed by atoms with Crippen molar-refractivity contribution in [3.05, 3.63) is 88.3 Å². The SMILES string of the molecule is CCc1cc(Nc2ncc(Br)c(Nc3cnc4ccccc4c3P(C)(C)=O)n2)c(OC)cc1N1CCC(N2CCN(CCc3cccc4c3c(C)nn4C3CCC(=O)NC3=O)CC2)CC1. The molecule has 3 aliphatic heterocycles. The van der Waals surface area contributed by atoms with Crippen molar-refractivity contribution in [2.24, 2.45) is 0 Å². The summed E-state index contributed by atoms with van der Waals surface area (Å²) < 4.78 is 22.0. The molecule has 6 heterocycles. The number of nitrogens with zero attached hydrogens (tertiary/aromatic N) is 8. The molecule has 15 nitrogen and oxygen atoms in total. The maximum absolute atomic E-state index is 13.6. The maximum Gasteiger partial charge on any atom is 0.251 e. The zero-order valence-corrected chi connectivity index (χ0v) is 40.2. The lowest BCUT2D eigenvalue weighted by atomic mass is 9.99. The van der Waals surface area contributed by atoms with Gasteiger partial charge in [0.05, 0.1) is 45.9 Å². The first-order valence-electron chi connectivity index (χ1n) is 22.6. The van der Waals surface area contributed by atoms with Gasteiger partial charge in [-0.3, -0.25) is 29.5 Å². The Labute approximate surface area is 388 Å². The number of piperazine rings is 1. The van der Waals surface area contributed by atoms with Crippen molar-refractivity contribution in [1.82, 2.24) is 39.8 Å². The maximum atomic E-state index is 13.6. The van der Waals surface area contributed by atoms with Crippen LogP contribution in [0.4, 0.5) is 28.8 Å². The van der Waals surface area contributed by atoms with Crippen molar-refractivity contribution in [3.8, 4) is 5.75 Å². The van der Waals surface area contributed by atoms with Gasteiger partial charge in [0, 0.05) is 92.3 Å². The minimum absolute atomic E-state index is 0.216. The number of carbonyl (C=O) groups excluding carboxylic acids is 2. The van der Waals surface area contributed by atoms with E-state index in [0.29, 0.717) is 46.6 Å². The number of methoxy groups -OCH3 is 1. The van der Waals surface area contributed by atoms with Gasteiger partial charge in [0.2, 0.25) is 11.9 Å². The van der Waals surface area contributed by atoms with Crippen molar-refractivity contribution in [3.63, 3.8) is 0 Å². The summed E-state index contributed by atoms with van der Waals surface area (Å²) in [4.78, 5) is 46.3. The zero-order chi connectivity index (χ0) is 45.4. The molecule has 0 bridgehead atoms. The molecule has 3 fully saturated rings. The number of hydrogen-bond acceptors (Lipinski definition) is 13. The van der Waals surface area contributed by atoms with Gasteiger partial charge in [-0.15, -0.1) is 0 Å². The highest BCUT2D eigenvalue weighted by Gasteiger charge is 2.32.